The predicted molar refractivity (Wildman–Crippen MR) is 76.1 cm³/mol. The summed E-state index contributed by atoms with van der Waals surface area (Å²) in [5, 5.41) is -0.330. The molecule has 0 aromatic rings. The Balaban J connectivity index is 1.64. The molecular formula is C14H19NO6S. The van der Waals surface area contributed by atoms with Crippen LogP contribution in [0.2, 0.25) is 0 Å². The number of nitrogens with zero attached hydrogens (tertiary/aromatic N) is 1. The van der Waals surface area contributed by atoms with Crippen LogP contribution in [0.25, 0.3) is 0 Å². The zero-order valence-electron chi connectivity index (χ0n) is 12.5. The van der Waals surface area contributed by atoms with Gasteiger partial charge in [-0.05, 0) is 31.6 Å². The van der Waals surface area contributed by atoms with Crippen LogP contribution in [0.3, 0.4) is 0 Å². The van der Waals surface area contributed by atoms with Gasteiger partial charge >= 0.3 is 11.9 Å². The summed E-state index contributed by atoms with van der Waals surface area (Å²) < 4.78 is 36.0. The lowest BCUT2D eigenvalue weighted by Gasteiger charge is -2.28. The van der Waals surface area contributed by atoms with Gasteiger partial charge in [0.25, 0.3) is 0 Å². The van der Waals surface area contributed by atoms with E-state index in [1.54, 1.807) is 7.05 Å². The Morgan fingerprint density at radius 1 is 1.32 bits per heavy atom. The van der Waals surface area contributed by atoms with Crippen LogP contribution < -0.4 is 0 Å². The first kappa shape index (κ1) is 15.5. The molecule has 2 aliphatic carbocycles. The summed E-state index contributed by atoms with van der Waals surface area (Å²) in [6.07, 6.45) is 0.860. The Labute approximate surface area is 129 Å². The molecule has 2 bridgehead atoms. The van der Waals surface area contributed by atoms with Crippen molar-refractivity contribution in [1.29, 1.82) is 0 Å². The number of ether oxygens (including phenoxy) is 2. The van der Waals surface area contributed by atoms with Crippen molar-refractivity contribution in [2.75, 3.05) is 13.7 Å². The minimum Gasteiger partial charge on any atom is -0.458 e. The number of esters is 2. The van der Waals surface area contributed by atoms with Gasteiger partial charge < -0.3 is 9.47 Å². The third kappa shape index (κ3) is 2.16. The molecule has 3 rings (SSSR count). The maximum Gasteiger partial charge on any atom is 0.344 e. The van der Waals surface area contributed by atoms with Crippen LogP contribution in [0, 0.1) is 11.8 Å². The molecular weight excluding hydrogens is 310 g/mol. The molecule has 22 heavy (non-hydrogen) atoms. The fraction of sp³-hybridized carbons (Fsp3) is 0.714. The minimum absolute atomic E-state index is 0.0377. The summed E-state index contributed by atoms with van der Waals surface area (Å²) >= 11 is 0. The summed E-state index contributed by atoms with van der Waals surface area (Å²) in [4.78, 5) is 23.1. The topological polar surface area (TPSA) is 90.0 Å². The normalized spacial score (nSPS) is 38.0. The number of hydrogen-bond acceptors (Lipinski definition) is 6. The van der Waals surface area contributed by atoms with E-state index in [4.69, 9.17) is 9.47 Å². The van der Waals surface area contributed by atoms with Crippen molar-refractivity contribution >= 4 is 22.0 Å². The fourth-order valence-corrected chi connectivity index (χ4v) is 6.27. The van der Waals surface area contributed by atoms with Crippen LogP contribution in [0.4, 0.5) is 0 Å². The molecule has 1 saturated heterocycles. The van der Waals surface area contributed by atoms with E-state index in [2.05, 4.69) is 6.58 Å². The summed E-state index contributed by atoms with van der Waals surface area (Å²) in [5.41, 5.74) is 0.206. The second-order valence-electron chi connectivity index (χ2n) is 6.30. The molecule has 2 saturated carbocycles. The largest absolute Gasteiger partial charge is 0.458 e. The van der Waals surface area contributed by atoms with Gasteiger partial charge in [0.1, 0.15) is 6.10 Å². The summed E-state index contributed by atoms with van der Waals surface area (Å²) in [7, 11) is -1.73. The minimum atomic E-state index is -3.27. The average Bonchev–Trinajstić information content (AvgIpc) is 3.05. The Morgan fingerprint density at radius 2 is 2.00 bits per heavy atom. The monoisotopic (exact) mass is 329 g/mol. The van der Waals surface area contributed by atoms with Crippen molar-refractivity contribution in [1.82, 2.24) is 4.31 Å². The van der Waals surface area contributed by atoms with E-state index in [1.165, 1.54) is 11.2 Å². The third-order valence-corrected chi connectivity index (χ3v) is 7.32. The van der Waals surface area contributed by atoms with Crippen molar-refractivity contribution in [3.63, 3.8) is 0 Å². The fourth-order valence-electron chi connectivity index (χ4n) is 4.02. The summed E-state index contributed by atoms with van der Waals surface area (Å²) in [5.74, 6) is -1.19. The number of carbonyl (C=O) groups excluding carboxylic acids is 2. The van der Waals surface area contributed by atoms with E-state index in [9.17, 15) is 18.0 Å². The molecule has 1 heterocycles. The second-order valence-corrected chi connectivity index (χ2v) is 8.51. The smallest absolute Gasteiger partial charge is 0.344 e. The highest BCUT2D eigenvalue weighted by atomic mass is 32.2. The number of hydrogen-bond donors (Lipinski definition) is 0. The van der Waals surface area contributed by atoms with Crippen LogP contribution in [-0.2, 0) is 29.1 Å². The van der Waals surface area contributed by atoms with E-state index < -0.39 is 34.7 Å². The molecule has 5 atom stereocenters. The molecule has 0 spiro atoms. The molecule has 0 aromatic carbocycles. The van der Waals surface area contributed by atoms with Crippen LogP contribution in [0.5, 0.6) is 0 Å². The summed E-state index contributed by atoms with van der Waals surface area (Å²) in [6.45, 7) is 4.43. The molecule has 8 heteroatoms. The SMILES string of the molecule is C=C(C)C(=O)OCC(=O)OC1C2CC3C1N(C)S(=O)(=O)C3C2. The lowest BCUT2D eigenvalue weighted by molar-refractivity contribution is -0.163. The van der Waals surface area contributed by atoms with Crippen LogP contribution >= 0.6 is 0 Å². The molecule has 0 amide bonds. The number of likely N-dealkylation sites (N-methyl/N-ethyl adjacent to an activating group) is 1. The molecule has 122 valence electrons. The van der Waals surface area contributed by atoms with E-state index >= 15 is 0 Å². The molecule has 7 nitrogen and oxygen atoms in total. The number of fused-ring (bicyclic) bond motifs is 1. The zero-order chi connectivity index (χ0) is 16.2. The van der Waals surface area contributed by atoms with E-state index in [0.717, 1.165) is 6.42 Å². The van der Waals surface area contributed by atoms with Crippen molar-refractivity contribution in [3.8, 4) is 0 Å². The van der Waals surface area contributed by atoms with Gasteiger partial charge in [0, 0.05) is 12.6 Å². The van der Waals surface area contributed by atoms with Gasteiger partial charge in [0.2, 0.25) is 10.0 Å². The molecule has 0 N–H and O–H groups in total. The van der Waals surface area contributed by atoms with Crippen molar-refractivity contribution in [2.45, 2.75) is 37.2 Å². The third-order valence-electron chi connectivity index (χ3n) is 4.97. The van der Waals surface area contributed by atoms with Crippen molar-refractivity contribution in [3.05, 3.63) is 12.2 Å². The van der Waals surface area contributed by atoms with Crippen molar-refractivity contribution < 1.29 is 27.5 Å². The lowest BCUT2D eigenvalue weighted by Crippen LogP contribution is -2.43. The number of carbonyl (C=O) groups is 2. The van der Waals surface area contributed by atoms with Crippen molar-refractivity contribution in [2.24, 2.45) is 11.8 Å². The van der Waals surface area contributed by atoms with Gasteiger partial charge in [0.05, 0.1) is 11.3 Å². The highest BCUT2D eigenvalue weighted by Gasteiger charge is 2.66. The highest BCUT2D eigenvalue weighted by Crippen LogP contribution is 2.56. The predicted octanol–water partition coefficient (Wildman–Crippen LogP) is 0.0697. The quantitative estimate of drug-likeness (QED) is 0.535. The standard InChI is InChI=1S/C14H19NO6S/c1-7(2)14(17)20-6-11(16)21-13-8-4-9-10(5-8)22(18,19)15(3)12(9)13/h8-10,12-13H,1,4-6H2,2-3H3. The summed E-state index contributed by atoms with van der Waals surface area (Å²) in [6, 6.07) is -0.283. The molecule has 3 fully saturated rings. The zero-order valence-corrected chi connectivity index (χ0v) is 13.3. The van der Waals surface area contributed by atoms with E-state index in [-0.39, 0.29) is 28.7 Å². The Morgan fingerprint density at radius 3 is 2.64 bits per heavy atom. The Kier molecular flexibility index (Phi) is 3.56. The molecule has 1 aliphatic heterocycles. The maximum atomic E-state index is 12.2. The molecule has 0 aromatic heterocycles. The van der Waals surface area contributed by atoms with Gasteiger partial charge in [-0.15, -0.1) is 0 Å². The Hall–Kier alpha value is -1.41. The maximum absolute atomic E-state index is 12.2. The highest BCUT2D eigenvalue weighted by molar-refractivity contribution is 7.90. The van der Waals surface area contributed by atoms with Gasteiger partial charge in [-0.25, -0.2) is 18.0 Å². The van der Waals surface area contributed by atoms with Gasteiger partial charge in [0.15, 0.2) is 6.61 Å². The van der Waals surface area contributed by atoms with Gasteiger partial charge in [-0.2, -0.15) is 4.31 Å². The van der Waals surface area contributed by atoms with Gasteiger partial charge in [-0.1, -0.05) is 6.58 Å². The first-order chi connectivity index (χ1) is 10.2. The van der Waals surface area contributed by atoms with E-state index in [0.29, 0.717) is 6.42 Å². The molecule has 0 radical (unpaired) electrons. The van der Waals surface area contributed by atoms with Crippen LogP contribution in [-0.4, -0.2) is 55.7 Å². The van der Waals surface area contributed by atoms with E-state index in [1.807, 2.05) is 0 Å². The van der Waals surface area contributed by atoms with Crippen LogP contribution in [0.15, 0.2) is 12.2 Å². The molecule has 5 unspecified atom stereocenters. The first-order valence-electron chi connectivity index (χ1n) is 7.22. The second kappa shape index (κ2) is 5.06. The lowest BCUT2D eigenvalue weighted by atomic mass is 9.92. The first-order valence-corrected chi connectivity index (χ1v) is 8.72. The number of rotatable bonds is 4. The Bertz CT molecular complexity index is 642. The number of sulfonamides is 1. The van der Waals surface area contributed by atoms with Crippen LogP contribution in [0.1, 0.15) is 19.8 Å². The average molecular weight is 329 g/mol. The van der Waals surface area contributed by atoms with Gasteiger partial charge in [-0.3, -0.25) is 0 Å². The molecule has 3 aliphatic rings.